The topological polar surface area (TPSA) is 96.0 Å². The van der Waals surface area contributed by atoms with Crippen molar-refractivity contribution in [3.05, 3.63) is 63.5 Å². The highest BCUT2D eigenvalue weighted by Gasteiger charge is 2.35. The Labute approximate surface area is 182 Å². The fourth-order valence-electron chi connectivity index (χ4n) is 2.69. The van der Waals surface area contributed by atoms with E-state index in [-0.39, 0.29) is 28.2 Å². The molecule has 2 aromatic rings. The first-order valence-electron chi connectivity index (χ1n) is 8.84. The molecule has 0 saturated carbocycles. The molecule has 156 valence electrons. The van der Waals surface area contributed by atoms with Gasteiger partial charge in [-0.1, -0.05) is 35.9 Å². The van der Waals surface area contributed by atoms with Crippen molar-refractivity contribution in [2.75, 3.05) is 7.11 Å². The summed E-state index contributed by atoms with van der Waals surface area (Å²) in [6.07, 6.45) is 0.400. The van der Waals surface area contributed by atoms with E-state index in [0.29, 0.717) is 16.1 Å². The Morgan fingerprint density at radius 3 is 2.63 bits per heavy atom. The summed E-state index contributed by atoms with van der Waals surface area (Å²) < 4.78 is 10.5. The zero-order chi connectivity index (χ0) is 21.8. The van der Waals surface area contributed by atoms with Crippen molar-refractivity contribution in [1.82, 2.24) is 4.90 Å². The summed E-state index contributed by atoms with van der Waals surface area (Å²) in [6, 6.07) is 11.7. The number of thioether (sulfide) groups is 1. The minimum absolute atomic E-state index is 0.0822. The molecule has 9 heteroatoms. The molecule has 0 spiro atoms. The summed E-state index contributed by atoms with van der Waals surface area (Å²) in [5, 5.41) is 11.0. The Morgan fingerprint density at radius 1 is 1.23 bits per heavy atom. The smallest absolute Gasteiger partial charge is 0.293 e. The molecule has 30 heavy (non-hydrogen) atoms. The van der Waals surface area contributed by atoms with Gasteiger partial charge >= 0.3 is 0 Å². The first-order valence-corrected chi connectivity index (χ1v) is 10.0. The van der Waals surface area contributed by atoms with E-state index in [1.165, 1.54) is 20.1 Å². The summed E-state index contributed by atoms with van der Waals surface area (Å²) in [6.45, 7) is 1.43. The van der Waals surface area contributed by atoms with Gasteiger partial charge in [-0.05, 0) is 54.1 Å². The standard InChI is InChI=1S/C21H18ClNO6S/c1-12(20(25)26)29-16-8-7-13(9-17(16)28-2)10-18-19(24)23(21(27)30-18)11-14-5-3-4-6-15(14)22/h3-10,12H,11H2,1-2H3,(H,25,26)/p-1/b18-10-/t12-/m0/s1. The predicted octanol–water partition coefficient (Wildman–Crippen LogP) is 3.10. The maximum Gasteiger partial charge on any atom is 0.293 e. The molecule has 0 aliphatic carbocycles. The van der Waals surface area contributed by atoms with Crippen LogP contribution in [0.3, 0.4) is 0 Å². The molecule has 0 radical (unpaired) electrons. The van der Waals surface area contributed by atoms with Crippen LogP contribution in [0.5, 0.6) is 11.5 Å². The Kier molecular flexibility index (Phi) is 6.69. The van der Waals surface area contributed by atoms with Crippen LogP contribution in [0, 0.1) is 0 Å². The molecule has 1 aliphatic rings. The predicted molar refractivity (Wildman–Crippen MR) is 111 cm³/mol. The molecule has 1 fully saturated rings. The van der Waals surface area contributed by atoms with Crippen molar-refractivity contribution in [1.29, 1.82) is 0 Å². The number of carboxylic acid groups (broad SMARTS) is 1. The number of nitrogens with zero attached hydrogens (tertiary/aromatic N) is 1. The number of halogens is 1. The molecule has 0 unspecified atom stereocenters. The van der Waals surface area contributed by atoms with E-state index >= 15 is 0 Å². The lowest BCUT2D eigenvalue weighted by Gasteiger charge is -2.17. The van der Waals surface area contributed by atoms with Crippen LogP contribution in [0.15, 0.2) is 47.4 Å². The molecule has 2 aromatic carbocycles. The van der Waals surface area contributed by atoms with Crippen LogP contribution in [-0.4, -0.2) is 35.2 Å². The third-order valence-corrected chi connectivity index (χ3v) is 5.56. The number of carboxylic acids is 1. The molecular weight excluding hydrogens is 430 g/mol. The molecule has 1 aliphatic heterocycles. The number of methoxy groups -OCH3 is 1. The van der Waals surface area contributed by atoms with Gasteiger partial charge in [0.05, 0.1) is 24.5 Å². The maximum absolute atomic E-state index is 12.7. The first kappa shape index (κ1) is 21.7. The van der Waals surface area contributed by atoms with E-state index in [4.69, 9.17) is 21.1 Å². The summed E-state index contributed by atoms with van der Waals surface area (Å²) in [5.41, 5.74) is 1.26. The highest BCUT2D eigenvalue weighted by atomic mass is 35.5. The Morgan fingerprint density at radius 2 is 1.97 bits per heavy atom. The molecule has 3 rings (SSSR count). The van der Waals surface area contributed by atoms with E-state index in [1.54, 1.807) is 42.5 Å². The van der Waals surface area contributed by atoms with Gasteiger partial charge in [-0.25, -0.2) is 0 Å². The average Bonchev–Trinajstić information content (AvgIpc) is 2.97. The van der Waals surface area contributed by atoms with Crippen molar-refractivity contribution in [2.45, 2.75) is 19.6 Å². The van der Waals surface area contributed by atoms with Gasteiger partial charge in [-0.2, -0.15) is 0 Å². The zero-order valence-electron chi connectivity index (χ0n) is 16.1. The Hall–Kier alpha value is -2.97. The Bertz CT molecular complexity index is 1040. The second kappa shape index (κ2) is 9.23. The third kappa shape index (κ3) is 4.77. The highest BCUT2D eigenvalue weighted by Crippen LogP contribution is 2.36. The minimum atomic E-state index is -1.35. The molecule has 0 N–H and O–H groups in total. The van der Waals surface area contributed by atoms with Crippen molar-refractivity contribution >= 4 is 46.6 Å². The van der Waals surface area contributed by atoms with Crippen molar-refractivity contribution in [3.8, 4) is 11.5 Å². The van der Waals surface area contributed by atoms with Crippen molar-refractivity contribution < 1.29 is 29.0 Å². The number of benzene rings is 2. The monoisotopic (exact) mass is 446 g/mol. The zero-order valence-corrected chi connectivity index (χ0v) is 17.7. The number of aliphatic carboxylic acids is 1. The number of ether oxygens (including phenoxy) is 2. The minimum Gasteiger partial charge on any atom is -0.546 e. The largest absolute Gasteiger partial charge is 0.546 e. The number of amides is 2. The van der Waals surface area contributed by atoms with E-state index in [9.17, 15) is 19.5 Å². The lowest BCUT2D eigenvalue weighted by atomic mass is 10.1. The van der Waals surface area contributed by atoms with Gasteiger partial charge < -0.3 is 19.4 Å². The van der Waals surface area contributed by atoms with Gasteiger partial charge in [0.1, 0.15) is 6.10 Å². The van der Waals surface area contributed by atoms with E-state index in [1.807, 2.05) is 0 Å². The summed E-state index contributed by atoms with van der Waals surface area (Å²) >= 11 is 6.96. The summed E-state index contributed by atoms with van der Waals surface area (Å²) in [7, 11) is 1.41. The quantitative estimate of drug-likeness (QED) is 0.603. The number of rotatable bonds is 7. The van der Waals surface area contributed by atoms with E-state index in [0.717, 1.165) is 16.7 Å². The maximum atomic E-state index is 12.7. The Balaban J connectivity index is 1.81. The molecular formula is C21H17ClNO6S-. The number of carbonyl (C=O) groups is 3. The summed E-state index contributed by atoms with van der Waals surface area (Å²) in [4.78, 5) is 37.3. The number of hydrogen-bond donors (Lipinski definition) is 0. The molecule has 0 aromatic heterocycles. The third-order valence-electron chi connectivity index (χ3n) is 4.28. The van der Waals surface area contributed by atoms with Gasteiger partial charge in [0.2, 0.25) is 0 Å². The number of imide groups is 1. The SMILES string of the molecule is COc1cc(/C=C2\SC(=O)N(Cc3ccccc3Cl)C2=O)ccc1O[C@@H](C)C(=O)[O-]. The lowest BCUT2D eigenvalue weighted by Crippen LogP contribution is -2.37. The van der Waals surface area contributed by atoms with Crippen molar-refractivity contribution in [2.24, 2.45) is 0 Å². The van der Waals surface area contributed by atoms with Gasteiger partial charge in [-0.3, -0.25) is 14.5 Å². The van der Waals surface area contributed by atoms with Crippen LogP contribution in [0.1, 0.15) is 18.1 Å². The fourth-order valence-corrected chi connectivity index (χ4v) is 3.73. The summed E-state index contributed by atoms with van der Waals surface area (Å²) in [5.74, 6) is -1.27. The van der Waals surface area contributed by atoms with Crippen LogP contribution < -0.4 is 14.6 Å². The molecule has 1 saturated heterocycles. The lowest BCUT2D eigenvalue weighted by molar-refractivity contribution is -0.312. The molecule has 1 atom stereocenters. The number of carbonyl (C=O) groups excluding carboxylic acids is 3. The second-order valence-electron chi connectivity index (χ2n) is 6.35. The van der Waals surface area contributed by atoms with Crippen LogP contribution in [0.25, 0.3) is 6.08 Å². The first-order chi connectivity index (χ1) is 14.3. The molecule has 0 bridgehead atoms. The van der Waals surface area contributed by atoms with Crippen molar-refractivity contribution in [3.63, 3.8) is 0 Å². The normalized spacial score (nSPS) is 16.1. The van der Waals surface area contributed by atoms with Crippen LogP contribution in [-0.2, 0) is 16.1 Å². The molecule has 2 amide bonds. The van der Waals surface area contributed by atoms with E-state index in [2.05, 4.69) is 0 Å². The fraction of sp³-hybridized carbons (Fsp3) is 0.190. The molecule has 7 nitrogen and oxygen atoms in total. The van der Waals surface area contributed by atoms with Gasteiger partial charge in [0, 0.05) is 5.02 Å². The highest BCUT2D eigenvalue weighted by molar-refractivity contribution is 8.18. The average molecular weight is 447 g/mol. The number of hydrogen-bond acceptors (Lipinski definition) is 7. The van der Waals surface area contributed by atoms with Crippen LogP contribution >= 0.6 is 23.4 Å². The van der Waals surface area contributed by atoms with E-state index < -0.39 is 18.0 Å². The van der Waals surface area contributed by atoms with Gasteiger partial charge in [0.15, 0.2) is 11.5 Å². The van der Waals surface area contributed by atoms with Gasteiger partial charge in [0.25, 0.3) is 11.1 Å². The second-order valence-corrected chi connectivity index (χ2v) is 7.75. The molecule has 1 heterocycles. The van der Waals surface area contributed by atoms with Crippen LogP contribution in [0.2, 0.25) is 5.02 Å². The van der Waals surface area contributed by atoms with Gasteiger partial charge in [-0.15, -0.1) is 0 Å². The van der Waals surface area contributed by atoms with Crippen LogP contribution in [0.4, 0.5) is 4.79 Å².